The molecule has 1 aliphatic heterocycles. The molecule has 0 N–H and O–H groups in total. The highest BCUT2D eigenvalue weighted by Crippen LogP contribution is 2.31. The summed E-state index contributed by atoms with van der Waals surface area (Å²) >= 11 is 0. The molecular formula is C29H24F6N4O3. The number of aromatic nitrogens is 2. The first-order chi connectivity index (χ1) is 19.9. The second-order valence-corrected chi connectivity index (χ2v) is 9.69. The third-order valence-corrected chi connectivity index (χ3v) is 6.67. The topological polar surface area (TPSA) is 71.7 Å². The molecule has 13 heteroatoms. The molecule has 0 radical (unpaired) electrons. The van der Waals surface area contributed by atoms with E-state index in [2.05, 4.69) is 15.0 Å². The fourth-order valence-electron chi connectivity index (χ4n) is 4.43. The van der Waals surface area contributed by atoms with Crippen molar-refractivity contribution < 1.29 is 40.4 Å². The molecule has 5 rings (SSSR count). The minimum absolute atomic E-state index is 0.0717. The summed E-state index contributed by atoms with van der Waals surface area (Å²) in [4.78, 5) is 21.2. The van der Waals surface area contributed by atoms with Gasteiger partial charge in [-0.15, -0.1) is 0 Å². The number of carbonyl (C=O) groups excluding carboxylic acids is 1. The third-order valence-electron chi connectivity index (χ3n) is 6.67. The third kappa shape index (κ3) is 7.27. The Labute approximate surface area is 236 Å². The van der Waals surface area contributed by atoms with E-state index in [4.69, 9.17) is 9.26 Å². The molecule has 0 unspecified atom stereocenters. The van der Waals surface area contributed by atoms with Gasteiger partial charge in [0.25, 0.3) is 11.8 Å². The zero-order chi connectivity index (χ0) is 29.9. The fraction of sp³-hybridized carbons (Fsp3) is 0.276. The summed E-state index contributed by atoms with van der Waals surface area (Å²) in [5, 5.41) is 3.90. The second-order valence-electron chi connectivity index (χ2n) is 9.69. The lowest BCUT2D eigenvalue weighted by molar-refractivity contribution is -0.153. The Morgan fingerprint density at radius 1 is 0.810 bits per heavy atom. The molecule has 4 aromatic rings. The van der Waals surface area contributed by atoms with Gasteiger partial charge in [0.1, 0.15) is 5.75 Å². The van der Waals surface area contributed by atoms with Gasteiger partial charge in [0.05, 0.1) is 5.56 Å². The predicted molar refractivity (Wildman–Crippen MR) is 139 cm³/mol. The van der Waals surface area contributed by atoms with Crippen molar-refractivity contribution >= 4 is 5.91 Å². The van der Waals surface area contributed by atoms with E-state index < -0.39 is 24.5 Å². The van der Waals surface area contributed by atoms with Crippen molar-refractivity contribution in [2.45, 2.75) is 18.9 Å². The fourth-order valence-corrected chi connectivity index (χ4v) is 4.43. The van der Waals surface area contributed by atoms with Crippen LogP contribution in [0.4, 0.5) is 26.3 Å². The van der Waals surface area contributed by atoms with Crippen LogP contribution in [0.15, 0.2) is 77.3 Å². The summed E-state index contributed by atoms with van der Waals surface area (Å²) in [5.41, 5.74) is 1.55. The van der Waals surface area contributed by atoms with E-state index in [9.17, 15) is 31.1 Å². The van der Waals surface area contributed by atoms with Gasteiger partial charge in [-0.25, -0.2) is 0 Å². The summed E-state index contributed by atoms with van der Waals surface area (Å²) in [5.74, 6) is 0.322. The number of amides is 1. The van der Waals surface area contributed by atoms with Crippen molar-refractivity contribution in [3.8, 4) is 28.6 Å². The highest BCUT2D eigenvalue weighted by molar-refractivity contribution is 5.94. The van der Waals surface area contributed by atoms with Gasteiger partial charge in [-0.3, -0.25) is 9.69 Å². The van der Waals surface area contributed by atoms with Gasteiger partial charge in [0.15, 0.2) is 6.61 Å². The normalized spacial score (nSPS) is 14.7. The van der Waals surface area contributed by atoms with E-state index in [0.717, 1.165) is 17.7 Å². The summed E-state index contributed by atoms with van der Waals surface area (Å²) in [6.45, 7) is 1.53. The number of hydrogen-bond acceptors (Lipinski definition) is 6. The van der Waals surface area contributed by atoms with Crippen molar-refractivity contribution in [1.29, 1.82) is 0 Å². The standard InChI is InChI=1S/C29H24F6N4O3/c30-28(31,32)18-41-24-11-1-19(2-12-24)17-38-13-15-39(16-14-38)27(40)22-5-3-20(4-6-22)25-36-26(42-37-25)21-7-9-23(10-8-21)29(33,34)35/h1-12H,13-18H2. The Kier molecular flexibility index (Phi) is 8.21. The Balaban J connectivity index is 1.13. The van der Waals surface area contributed by atoms with Crippen LogP contribution >= 0.6 is 0 Å². The van der Waals surface area contributed by atoms with Gasteiger partial charge in [-0.1, -0.05) is 29.4 Å². The number of halogens is 6. The molecule has 0 spiro atoms. The lowest BCUT2D eigenvalue weighted by Gasteiger charge is -2.34. The molecule has 2 heterocycles. The van der Waals surface area contributed by atoms with Crippen LogP contribution in [0.2, 0.25) is 0 Å². The first kappa shape index (κ1) is 29.1. The monoisotopic (exact) mass is 590 g/mol. The molecule has 1 saturated heterocycles. The van der Waals surface area contributed by atoms with E-state index >= 15 is 0 Å². The van der Waals surface area contributed by atoms with Gasteiger partial charge >= 0.3 is 12.4 Å². The van der Waals surface area contributed by atoms with Crippen molar-refractivity contribution in [3.63, 3.8) is 0 Å². The van der Waals surface area contributed by atoms with Crippen molar-refractivity contribution in [1.82, 2.24) is 19.9 Å². The highest BCUT2D eigenvalue weighted by Gasteiger charge is 2.30. The first-order valence-electron chi connectivity index (χ1n) is 12.9. The van der Waals surface area contributed by atoms with Crippen LogP contribution in [-0.2, 0) is 12.7 Å². The molecule has 7 nitrogen and oxygen atoms in total. The van der Waals surface area contributed by atoms with Crippen molar-refractivity contribution in [2.24, 2.45) is 0 Å². The Hall–Kier alpha value is -4.39. The van der Waals surface area contributed by atoms with Gasteiger partial charge in [-0.2, -0.15) is 31.3 Å². The molecular weight excluding hydrogens is 566 g/mol. The molecule has 0 saturated carbocycles. The minimum Gasteiger partial charge on any atom is -0.484 e. The molecule has 1 amide bonds. The van der Waals surface area contributed by atoms with Gasteiger partial charge in [-0.05, 0) is 54.1 Å². The minimum atomic E-state index is -4.44. The van der Waals surface area contributed by atoms with Crippen LogP contribution in [0.25, 0.3) is 22.8 Å². The number of benzene rings is 3. The van der Waals surface area contributed by atoms with Gasteiger partial charge < -0.3 is 14.2 Å². The lowest BCUT2D eigenvalue weighted by atomic mass is 10.1. The SMILES string of the molecule is O=C(c1ccc(-c2noc(-c3ccc(C(F)(F)F)cc3)n2)cc1)N1CCN(Cc2ccc(OCC(F)(F)F)cc2)CC1. The highest BCUT2D eigenvalue weighted by atomic mass is 19.4. The number of rotatable bonds is 7. The first-order valence-corrected chi connectivity index (χ1v) is 12.9. The Bertz CT molecular complexity index is 1490. The van der Waals surface area contributed by atoms with E-state index in [-0.39, 0.29) is 23.4 Å². The largest absolute Gasteiger partial charge is 0.484 e. The molecule has 1 aliphatic rings. The van der Waals surface area contributed by atoms with E-state index in [0.29, 0.717) is 49.4 Å². The van der Waals surface area contributed by atoms with Crippen molar-refractivity contribution in [3.05, 3.63) is 89.5 Å². The average Bonchev–Trinajstić information content (AvgIpc) is 3.47. The van der Waals surface area contributed by atoms with E-state index in [1.54, 1.807) is 41.3 Å². The maximum atomic E-state index is 13.1. The van der Waals surface area contributed by atoms with Crippen LogP contribution in [0, 0.1) is 0 Å². The number of nitrogens with zero attached hydrogens (tertiary/aromatic N) is 4. The van der Waals surface area contributed by atoms with Crippen LogP contribution in [0.3, 0.4) is 0 Å². The Morgan fingerprint density at radius 3 is 2.02 bits per heavy atom. The molecule has 0 atom stereocenters. The molecule has 1 fully saturated rings. The molecule has 1 aromatic heterocycles. The van der Waals surface area contributed by atoms with Crippen molar-refractivity contribution in [2.75, 3.05) is 32.8 Å². The molecule has 3 aromatic carbocycles. The lowest BCUT2D eigenvalue weighted by Crippen LogP contribution is -2.48. The summed E-state index contributed by atoms with van der Waals surface area (Å²) in [7, 11) is 0. The number of carbonyl (C=O) groups is 1. The summed E-state index contributed by atoms with van der Waals surface area (Å²) in [6.07, 6.45) is -8.84. The van der Waals surface area contributed by atoms with E-state index in [1.165, 1.54) is 24.3 Å². The Morgan fingerprint density at radius 2 is 1.43 bits per heavy atom. The summed E-state index contributed by atoms with van der Waals surface area (Å²) in [6, 6.07) is 17.5. The van der Waals surface area contributed by atoms with Crippen LogP contribution in [0.1, 0.15) is 21.5 Å². The zero-order valence-corrected chi connectivity index (χ0v) is 22.0. The maximum Gasteiger partial charge on any atom is 0.422 e. The maximum absolute atomic E-state index is 13.1. The van der Waals surface area contributed by atoms with Crippen LogP contribution in [-0.4, -0.2) is 64.8 Å². The average molecular weight is 591 g/mol. The molecule has 220 valence electrons. The zero-order valence-electron chi connectivity index (χ0n) is 22.0. The smallest absolute Gasteiger partial charge is 0.422 e. The number of piperazine rings is 1. The van der Waals surface area contributed by atoms with Gasteiger partial charge in [0.2, 0.25) is 5.82 Å². The number of ether oxygens (including phenoxy) is 1. The number of alkyl halides is 6. The molecule has 0 aliphatic carbocycles. The molecule has 42 heavy (non-hydrogen) atoms. The quantitative estimate of drug-likeness (QED) is 0.235. The predicted octanol–water partition coefficient (Wildman–Crippen LogP) is 6.32. The van der Waals surface area contributed by atoms with E-state index in [1.807, 2.05) is 0 Å². The second kappa shape index (κ2) is 11.8. The number of hydrogen-bond donors (Lipinski definition) is 0. The summed E-state index contributed by atoms with van der Waals surface area (Å²) < 4.78 is 85.3. The van der Waals surface area contributed by atoms with Crippen LogP contribution < -0.4 is 4.74 Å². The molecule has 0 bridgehead atoms. The van der Waals surface area contributed by atoms with Gasteiger partial charge in [0, 0.05) is 49.4 Å². The van der Waals surface area contributed by atoms with Crippen LogP contribution in [0.5, 0.6) is 5.75 Å².